The lowest BCUT2D eigenvalue weighted by Crippen LogP contribution is -2.36. The summed E-state index contributed by atoms with van der Waals surface area (Å²) >= 11 is 0. The van der Waals surface area contributed by atoms with E-state index in [1.54, 1.807) is 0 Å². The molecule has 0 unspecified atom stereocenters. The summed E-state index contributed by atoms with van der Waals surface area (Å²) in [4.78, 5) is 24.0. The number of hydrogen-bond donors (Lipinski definition) is 2. The maximum absolute atomic E-state index is 12.4. The summed E-state index contributed by atoms with van der Waals surface area (Å²) in [6.45, 7) is -4.88. The highest BCUT2D eigenvalue weighted by molar-refractivity contribution is 5.98. The van der Waals surface area contributed by atoms with E-state index in [0.29, 0.717) is 5.56 Å². The van der Waals surface area contributed by atoms with Crippen LogP contribution in [-0.2, 0) is 11.3 Å². The van der Waals surface area contributed by atoms with Crippen LogP contribution in [0.2, 0.25) is 0 Å². The van der Waals surface area contributed by atoms with Crippen LogP contribution in [0.3, 0.4) is 0 Å². The molecule has 0 fully saturated rings. The van der Waals surface area contributed by atoms with Crippen molar-refractivity contribution < 1.29 is 41.0 Å². The van der Waals surface area contributed by atoms with E-state index >= 15 is 0 Å². The largest absolute Gasteiger partial charge is 0.484 e. The van der Waals surface area contributed by atoms with E-state index in [0.717, 1.165) is 0 Å². The number of alkyl halides is 5. The molecule has 0 aliphatic heterocycles. The first-order valence-electron chi connectivity index (χ1n) is 8.51. The number of para-hydroxylation sites is 1. The quantitative estimate of drug-likeness (QED) is 0.597. The predicted molar refractivity (Wildman–Crippen MR) is 95.2 cm³/mol. The first-order chi connectivity index (χ1) is 14.1. The minimum atomic E-state index is -4.44. The number of carbonyl (C=O) groups excluding carboxylic acids is 2. The molecule has 30 heavy (non-hydrogen) atoms. The highest BCUT2D eigenvalue weighted by Crippen LogP contribution is 2.20. The van der Waals surface area contributed by atoms with Crippen LogP contribution in [-0.4, -0.2) is 37.8 Å². The van der Waals surface area contributed by atoms with Gasteiger partial charge in [-0.2, -0.15) is 22.0 Å². The second kappa shape index (κ2) is 10.4. The highest BCUT2D eigenvalue weighted by Gasteiger charge is 2.28. The van der Waals surface area contributed by atoms with Gasteiger partial charge in [0.25, 0.3) is 5.91 Å². The third kappa shape index (κ3) is 7.94. The van der Waals surface area contributed by atoms with Crippen molar-refractivity contribution in [2.45, 2.75) is 19.3 Å². The number of rotatable bonds is 9. The molecule has 2 N–H and O–H groups in total. The van der Waals surface area contributed by atoms with Crippen molar-refractivity contribution in [3.63, 3.8) is 0 Å². The van der Waals surface area contributed by atoms with Crippen LogP contribution < -0.4 is 20.1 Å². The number of carbonyl (C=O) groups is 2. The second-order valence-corrected chi connectivity index (χ2v) is 5.88. The summed E-state index contributed by atoms with van der Waals surface area (Å²) in [6.07, 6.45) is -4.44. The molecule has 0 radical (unpaired) electrons. The molecule has 0 saturated heterocycles. The minimum absolute atomic E-state index is 0.0272. The van der Waals surface area contributed by atoms with Crippen molar-refractivity contribution in [2.24, 2.45) is 0 Å². The Kier molecular flexibility index (Phi) is 7.96. The van der Waals surface area contributed by atoms with Gasteiger partial charge in [0.2, 0.25) is 5.91 Å². The van der Waals surface area contributed by atoms with E-state index in [2.05, 4.69) is 20.1 Å². The van der Waals surface area contributed by atoms with Gasteiger partial charge >= 0.3 is 12.8 Å². The SMILES string of the molecule is O=C(CNC(=O)c1ccccc1OC(F)F)NCc1ccc(OCC(F)(F)F)cc1. The van der Waals surface area contributed by atoms with Crippen LogP contribution in [0.15, 0.2) is 48.5 Å². The molecule has 2 rings (SSSR count). The van der Waals surface area contributed by atoms with E-state index < -0.39 is 37.8 Å². The third-order valence-electron chi connectivity index (χ3n) is 3.57. The zero-order valence-corrected chi connectivity index (χ0v) is 15.3. The van der Waals surface area contributed by atoms with Gasteiger partial charge in [0.15, 0.2) is 6.61 Å². The molecule has 0 heterocycles. The Balaban J connectivity index is 1.79. The lowest BCUT2D eigenvalue weighted by Gasteiger charge is -2.11. The number of hydrogen-bond acceptors (Lipinski definition) is 4. The standard InChI is InChI=1S/C19H17F5N2O4/c20-18(21)30-15-4-2-1-3-14(15)17(28)26-10-16(27)25-9-12-5-7-13(8-6-12)29-11-19(22,23)24/h1-8,18H,9-11H2,(H,25,27)(H,26,28). The molecule has 162 valence electrons. The van der Waals surface area contributed by atoms with Gasteiger partial charge in [-0.25, -0.2) is 0 Å². The number of ether oxygens (including phenoxy) is 2. The lowest BCUT2D eigenvalue weighted by molar-refractivity contribution is -0.153. The minimum Gasteiger partial charge on any atom is -0.484 e. The smallest absolute Gasteiger partial charge is 0.422 e. The van der Waals surface area contributed by atoms with Crippen LogP contribution in [0.25, 0.3) is 0 Å². The third-order valence-corrected chi connectivity index (χ3v) is 3.57. The predicted octanol–water partition coefficient (Wildman–Crippen LogP) is 3.28. The fourth-order valence-electron chi connectivity index (χ4n) is 2.24. The lowest BCUT2D eigenvalue weighted by atomic mass is 10.2. The molecular weight excluding hydrogens is 415 g/mol. The monoisotopic (exact) mass is 432 g/mol. The number of benzene rings is 2. The molecule has 11 heteroatoms. The summed E-state index contributed by atoms with van der Waals surface area (Å²) in [5.74, 6) is -1.63. The fourth-order valence-corrected chi connectivity index (χ4v) is 2.24. The van der Waals surface area contributed by atoms with Crippen LogP contribution >= 0.6 is 0 Å². The number of amides is 2. The molecule has 2 amide bonds. The molecule has 2 aromatic rings. The molecule has 0 saturated carbocycles. The Morgan fingerprint density at radius 1 is 0.967 bits per heavy atom. The van der Waals surface area contributed by atoms with Gasteiger partial charge in [0.05, 0.1) is 12.1 Å². The molecule has 0 atom stereocenters. The van der Waals surface area contributed by atoms with E-state index in [1.165, 1.54) is 48.5 Å². The van der Waals surface area contributed by atoms with E-state index in [4.69, 9.17) is 0 Å². The summed E-state index contributed by atoms with van der Waals surface area (Å²) in [7, 11) is 0. The summed E-state index contributed by atoms with van der Waals surface area (Å²) < 4.78 is 69.9. The molecule has 0 aliphatic rings. The molecule has 0 aliphatic carbocycles. The van der Waals surface area contributed by atoms with Crippen LogP contribution in [0.1, 0.15) is 15.9 Å². The first kappa shape index (κ1) is 22.9. The van der Waals surface area contributed by atoms with Gasteiger partial charge in [-0.05, 0) is 29.8 Å². The van der Waals surface area contributed by atoms with Gasteiger partial charge < -0.3 is 20.1 Å². The normalized spacial score (nSPS) is 11.1. The zero-order chi connectivity index (χ0) is 22.1. The Morgan fingerprint density at radius 2 is 1.63 bits per heavy atom. The summed E-state index contributed by atoms with van der Waals surface area (Å²) in [5.41, 5.74) is 0.435. The fraction of sp³-hybridized carbons (Fsp3) is 0.263. The Labute approximate surface area is 168 Å². The van der Waals surface area contributed by atoms with Gasteiger partial charge in [0, 0.05) is 6.54 Å². The van der Waals surface area contributed by atoms with Crippen LogP contribution in [0.5, 0.6) is 11.5 Å². The van der Waals surface area contributed by atoms with Crippen molar-refractivity contribution in [3.8, 4) is 11.5 Å². The molecular formula is C19H17F5N2O4. The summed E-state index contributed by atoms with van der Waals surface area (Å²) in [5, 5.41) is 4.79. The Bertz CT molecular complexity index is 857. The molecule has 0 bridgehead atoms. The van der Waals surface area contributed by atoms with E-state index in [9.17, 15) is 31.5 Å². The molecule has 6 nitrogen and oxygen atoms in total. The van der Waals surface area contributed by atoms with Gasteiger partial charge in [0.1, 0.15) is 11.5 Å². The van der Waals surface area contributed by atoms with Crippen LogP contribution in [0.4, 0.5) is 22.0 Å². The van der Waals surface area contributed by atoms with Gasteiger partial charge in [-0.1, -0.05) is 24.3 Å². The Hall–Kier alpha value is -3.37. The average Bonchev–Trinajstić information content (AvgIpc) is 2.69. The van der Waals surface area contributed by atoms with E-state index in [-0.39, 0.29) is 23.6 Å². The molecule has 2 aromatic carbocycles. The van der Waals surface area contributed by atoms with Crippen molar-refractivity contribution in [1.29, 1.82) is 0 Å². The topological polar surface area (TPSA) is 76.7 Å². The number of halogens is 5. The van der Waals surface area contributed by atoms with Crippen LogP contribution in [0, 0.1) is 0 Å². The maximum Gasteiger partial charge on any atom is 0.422 e. The van der Waals surface area contributed by atoms with Gasteiger partial charge in [-0.15, -0.1) is 0 Å². The first-order valence-corrected chi connectivity index (χ1v) is 8.51. The van der Waals surface area contributed by atoms with Crippen molar-refractivity contribution in [3.05, 3.63) is 59.7 Å². The maximum atomic E-state index is 12.4. The molecule has 0 aromatic heterocycles. The molecule has 0 spiro atoms. The van der Waals surface area contributed by atoms with E-state index in [1.807, 2.05) is 0 Å². The van der Waals surface area contributed by atoms with Crippen molar-refractivity contribution >= 4 is 11.8 Å². The average molecular weight is 432 g/mol. The van der Waals surface area contributed by atoms with Gasteiger partial charge in [-0.3, -0.25) is 9.59 Å². The zero-order valence-electron chi connectivity index (χ0n) is 15.3. The summed E-state index contributed by atoms with van der Waals surface area (Å²) in [6, 6.07) is 10.9. The Morgan fingerprint density at radius 3 is 2.27 bits per heavy atom. The number of nitrogens with one attached hydrogen (secondary N) is 2. The van der Waals surface area contributed by atoms with Crippen molar-refractivity contribution in [1.82, 2.24) is 10.6 Å². The van der Waals surface area contributed by atoms with Crippen molar-refractivity contribution in [2.75, 3.05) is 13.2 Å². The highest BCUT2D eigenvalue weighted by atomic mass is 19.4. The second-order valence-electron chi connectivity index (χ2n) is 5.88.